The first-order valence-electron chi connectivity index (χ1n) is 10.6. The first-order valence-corrected chi connectivity index (χ1v) is 10.6. The third-order valence-corrected chi connectivity index (χ3v) is 5.47. The summed E-state index contributed by atoms with van der Waals surface area (Å²) >= 11 is 0. The number of nitrogens with one attached hydrogen (secondary N) is 1. The summed E-state index contributed by atoms with van der Waals surface area (Å²) in [6.07, 6.45) is 4.87. The molecule has 160 valence electrons. The maximum absolute atomic E-state index is 12.6. The van der Waals surface area contributed by atoms with E-state index in [2.05, 4.69) is 10.4 Å². The number of carbonyl (C=O) groups is 2. The van der Waals surface area contributed by atoms with Gasteiger partial charge >= 0.3 is 6.03 Å². The molecule has 31 heavy (non-hydrogen) atoms. The number of benzene rings is 2. The number of hydrogen-bond acceptors (Lipinski definition) is 3. The highest BCUT2D eigenvalue weighted by atomic mass is 16.2. The van der Waals surface area contributed by atoms with Gasteiger partial charge in [-0.1, -0.05) is 30.3 Å². The van der Waals surface area contributed by atoms with E-state index in [-0.39, 0.29) is 11.9 Å². The van der Waals surface area contributed by atoms with E-state index in [4.69, 9.17) is 0 Å². The molecular formula is C24H27N5O2. The van der Waals surface area contributed by atoms with Crippen molar-refractivity contribution in [2.24, 2.45) is 0 Å². The van der Waals surface area contributed by atoms with E-state index in [0.717, 1.165) is 22.5 Å². The number of rotatable bonds is 5. The Hall–Kier alpha value is -3.61. The summed E-state index contributed by atoms with van der Waals surface area (Å²) < 4.78 is 1.82. The van der Waals surface area contributed by atoms with Crippen LogP contribution in [0.4, 0.5) is 10.5 Å². The van der Waals surface area contributed by atoms with Gasteiger partial charge in [0.25, 0.3) is 0 Å². The monoisotopic (exact) mass is 417 g/mol. The van der Waals surface area contributed by atoms with Crippen molar-refractivity contribution in [2.45, 2.75) is 19.8 Å². The van der Waals surface area contributed by atoms with Crippen LogP contribution in [0.25, 0.3) is 5.69 Å². The first-order chi connectivity index (χ1) is 15.1. The molecule has 1 aliphatic heterocycles. The molecule has 2 aromatic carbocycles. The molecule has 0 radical (unpaired) electrons. The average Bonchev–Trinajstić information content (AvgIpc) is 3.27. The number of anilines is 1. The maximum Gasteiger partial charge on any atom is 0.321 e. The van der Waals surface area contributed by atoms with E-state index >= 15 is 0 Å². The van der Waals surface area contributed by atoms with Crippen LogP contribution in [-0.2, 0) is 11.2 Å². The molecule has 1 fully saturated rings. The molecule has 3 amide bonds. The van der Waals surface area contributed by atoms with Gasteiger partial charge in [0.15, 0.2) is 0 Å². The Morgan fingerprint density at radius 2 is 1.71 bits per heavy atom. The van der Waals surface area contributed by atoms with Crippen LogP contribution in [-0.4, -0.2) is 57.7 Å². The fourth-order valence-electron chi connectivity index (χ4n) is 3.70. The second-order valence-corrected chi connectivity index (χ2v) is 7.80. The van der Waals surface area contributed by atoms with Gasteiger partial charge in [0.05, 0.1) is 11.9 Å². The lowest BCUT2D eigenvalue weighted by molar-refractivity contribution is -0.132. The topological polar surface area (TPSA) is 70.5 Å². The molecule has 3 aromatic rings. The highest BCUT2D eigenvalue weighted by Crippen LogP contribution is 2.13. The number of para-hydroxylation sites is 1. The summed E-state index contributed by atoms with van der Waals surface area (Å²) in [5.74, 6) is 0.117. The molecule has 0 unspecified atom stereocenters. The Kier molecular flexibility index (Phi) is 6.31. The third kappa shape index (κ3) is 5.31. The Bertz CT molecular complexity index is 1040. The summed E-state index contributed by atoms with van der Waals surface area (Å²) in [5, 5.41) is 7.32. The molecule has 0 bridgehead atoms. The Morgan fingerprint density at radius 1 is 0.968 bits per heavy atom. The van der Waals surface area contributed by atoms with E-state index in [0.29, 0.717) is 39.0 Å². The van der Waals surface area contributed by atoms with E-state index < -0.39 is 0 Å². The highest BCUT2D eigenvalue weighted by Gasteiger charge is 2.24. The number of carbonyl (C=O) groups excluding carboxylic acids is 2. The molecule has 7 heteroatoms. The van der Waals surface area contributed by atoms with Crippen LogP contribution in [0, 0.1) is 6.92 Å². The van der Waals surface area contributed by atoms with Crippen molar-refractivity contribution in [1.29, 1.82) is 0 Å². The Morgan fingerprint density at radius 3 is 2.45 bits per heavy atom. The Balaban J connectivity index is 1.23. The van der Waals surface area contributed by atoms with Gasteiger partial charge in [0.2, 0.25) is 5.91 Å². The summed E-state index contributed by atoms with van der Waals surface area (Å²) in [5.41, 5.74) is 3.93. The van der Waals surface area contributed by atoms with Gasteiger partial charge in [0.1, 0.15) is 0 Å². The minimum absolute atomic E-state index is 0.117. The second-order valence-electron chi connectivity index (χ2n) is 7.80. The van der Waals surface area contributed by atoms with Crippen molar-refractivity contribution >= 4 is 17.6 Å². The number of hydrogen-bond donors (Lipinski definition) is 1. The molecule has 0 aliphatic carbocycles. The van der Waals surface area contributed by atoms with Crippen LogP contribution in [0.3, 0.4) is 0 Å². The minimum Gasteiger partial charge on any atom is -0.339 e. The smallest absolute Gasteiger partial charge is 0.321 e. The third-order valence-electron chi connectivity index (χ3n) is 5.47. The largest absolute Gasteiger partial charge is 0.339 e. The van der Waals surface area contributed by atoms with E-state index in [9.17, 15) is 9.59 Å². The van der Waals surface area contributed by atoms with Crippen LogP contribution in [0.5, 0.6) is 0 Å². The SMILES string of the molecule is Cc1cccc(NC(=O)N2CCN(C(=O)CCc3cnn(-c4ccccc4)c3)CC2)c1. The molecule has 0 spiro atoms. The van der Waals surface area contributed by atoms with Crippen LogP contribution < -0.4 is 5.32 Å². The average molecular weight is 418 g/mol. The number of piperazine rings is 1. The zero-order chi connectivity index (χ0) is 21.6. The minimum atomic E-state index is -0.119. The first kappa shape index (κ1) is 20.7. The zero-order valence-electron chi connectivity index (χ0n) is 17.7. The maximum atomic E-state index is 12.6. The molecule has 0 atom stereocenters. The number of aromatic nitrogens is 2. The summed E-state index contributed by atoms with van der Waals surface area (Å²) in [7, 11) is 0. The second kappa shape index (κ2) is 9.47. The van der Waals surface area contributed by atoms with Gasteiger partial charge in [-0.05, 0) is 48.7 Å². The predicted molar refractivity (Wildman–Crippen MR) is 120 cm³/mol. The van der Waals surface area contributed by atoms with Gasteiger partial charge in [-0.15, -0.1) is 0 Å². The van der Waals surface area contributed by atoms with Crippen LogP contribution >= 0.6 is 0 Å². The van der Waals surface area contributed by atoms with E-state index in [1.165, 1.54) is 0 Å². The fraction of sp³-hybridized carbons (Fsp3) is 0.292. The summed E-state index contributed by atoms with van der Waals surface area (Å²) in [6.45, 7) is 4.18. The zero-order valence-corrected chi connectivity index (χ0v) is 17.7. The van der Waals surface area contributed by atoms with Gasteiger partial charge in [-0.2, -0.15) is 5.10 Å². The molecule has 1 saturated heterocycles. The standard InChI is InChI=1S/C24H27N5O2/c1-19-6-5-7-21(16-19)26-24(31)28-14-12-27(13-15-28)23(30)11-10-20-17-25-29(18-20)22-8-3-2-4-9-22/h2-9,16-18H,10-15H2,1H3,(H,26,31). The lowest BCUT2D eigenvalue weighted by Gasteiger charge is -2.34. The lowest BCUT2D eigenvalue weighted by Crippen LogP contribution is -2.51. The van der Waals surface area contributed by atoms with Gasteiger partial charge in [-0.3, -0.25) is 4.79 Å². The normalized spacial score (nSPS) is 13.8. The van der Waals surface area contributed by atoms with Crippen molar-refractivity contribution in [1.82, 2.24) is 19.6 Å². The molecular weight excluding hydrogens is 390 g/mol. The number of nitrogens with zero attached hydrogens (tertiary/aromatic N) is 4. The van der Waals surface area contributed by atoms with Crippen LogP contribution in [0.15, 0.2) is 67.0 Å². The van der Waals surface area contributed by atoms with Crippen molar-refractivity contribution < 1.29 is 9.59 Å². The quantitative estimate of drug-likeness (QED) is 0.691. The number of urea groups is 1. The molecule has 7 nitrogen and oxygen atoms in total. The van der Waals surface area contributed by atoms with Crippen molar-refractivity contribution in [3.05, 3.63) is 78.1 Å². The van der Waals surface area contributed by atoms with Crippen molar-refractivity contribution in [3.8, 4) is 5.69 Å². The van der Waals surface area contributed by atoms with Crippen molar-refractivity contribution in [2.75, 3.05) is 31.5 Å². The fourth-order valence-corrected chi connectivity index (χ4v) is 3.70. The van der Waals surface area contributed by atoms with Gasteiger partial charge in [-0.25, -0.2) is 9.48 Å². The van der Waals surface area contributed by atoms with Crippen LogP contribution in [0.1, 0.15) is 17.5 Å². The lowest BCUT2D eigenvalue weighted by atomic mass is 10.1. The van der Waals surface area contributed by atoms with Crippen LogP contribution in [0.2, 0.25) is 0 Å². The predicted octanol–water partition coefficient (Wildman–Crippen LogP) is 3.49. The molecule has 2 heterocycles. The van der Waals surface area contributed by atoms with Gasteiger partial charge < -0.3 is 15.1 Å². The van der Waals surface area contributed by atoms with Crippen molar-refractivity contribution in [3.63, 3.8) is 0 Å². The molecule has 1 N–H and O–H groups in total. The number of aryl methyl sites for hydroxylation is 2. The summed E-state index contributed by atoms with van der Waals surface area (Å²) in [4.78, 5) is 28.7. The van der Waals surface area contributed by atoms with E-state index in [1.54, 1.807) is 4.90 Å². The highest BCUT2D eigenvalue weighted by molar-refractivity contribution is 5.89. The number of amides is 3. The molecule has 1 aliphatic rings. The molecule has 0 saturated carbocycles. The summed E-state index contributed by atoms with van der Waals surface area (Å²) in [6, 6.07) is 17.5. The molecule has 4 rings (SSSR count). The molecule has 1 aromatic heterocycles. The van der Waals surface area contributed by atoms with Gasteiger partial charge in [0, 0.05) is 44.5 Å². The Labute approximate surface area is 182 Å². The van der Waals surface area contributed by atoms with E-state index in [1.807, 2.05) is 83.5 Å².